The van der Waals surface area contributed by atoms with E-state index in [0.29, 0.717) is 29.8 Å². The average Bonchev–Trinajstić information content (AvgIpc) is 3.39. The molecule has 0 unspecified atom stereocenters. The van der Waals surface area contributed by atoms with Crippen molar-refractivity contribution in [3.8, 4) is 17.1 Å². The van der Waals surface area contributed by atoms with E-state index in [4.69, 9.17) is 4.52 Å². The number of benzene rings is 2. The van der Waals surface area contributed by atoms with Crippen LogP contribution in [-0.4, -0.2) is 27.7 Å². The molecule has 2 aromatic carbocycles. The predicted molar refractivity (Wildman–Crippen MR) is 117 cm³/mol. The molecule has 0 radical (unpaired) electrons. The van der Waals surface area contributed by atoms with Crippen LogP contribution in [0, 0.1) is 19.7 Å². The summed E-state index contributed by atoms with van der Waals surface area (Å²) in [6.45, 7) is 4.28. The van der Waals surface area contributed by atoms with Crippen molar-refractivity contribution in [1.29, 1.82) is 0 Å². The largest absolute Gasteiger partial charge is 0.507 e. The van der Waals surface area contributed by atoms with Gasteiger partial charge in [-0.3, -0.25) is 4.79 Å². The molecule has 0 aliphatic carbocycles. The standard InChI is InChI=1S/C24H22FN3O3/c1-14-3-6-19(25)24-23(14)17(15(2)28-24)9-11-26-22(30)8-5-16-4-7-20(29)18(13-16)21-10-12-27-31-21/h3-8,10,12-13,28-29H,9,11H2,1-2H3,(H,26,30)/b8-5+. The van der Waals surface area contributed by atoms with E-state index in [1.165, 1.54) is 24.4 Å². The lowest BCUT2D eigenvalue weighted by Crippen LogP contribution is -2.23. The molecule has 2 heterocycles. The highest BCUT2D eigenvalue weighted by atomic mass is 19.1. The van der Waals surface area contributed by atoms with Crippen LogP contribution in [0.5, 0.6) is 5.75 Å². The maximum Gasteiger partial charge on any atom is 0.244 e. The van der Waals surface area contributed by atoms with Gasteiger partial charge < -0.3 is 19.9 Å². The number of nitrogens with zero attached hydrogens (tertiary/aromatic N) is 1. The number of aromatic hydroxyl groups is 1. The van der Waals surface area contributed by atoms with Crippen molar-refractivity contribution >= 4 is 22.9 Å². The molecule has 0 spiro atoms. The van der Waals surface area contributed by atoms with Crippen molar-refractivity contribution in [2.45, 2.75) is 20.3 Å². The van der Waals surface area contributed by atoms with Gasteiger partial charge >= 0.3 is 0 Å². The third-order valence-corrected chi connectivity index (χ3v) is 5.26. The van der Waals surface area contributed by atoms with E-state index in [1.807, 2.05) is 13.8 Å². The highest BCUT2D eigenvalue weighted by Gasteiger charge is 2.14. The minimum Gasteiger partial charge on any atom is -0.507 e. The van der Waals surface area contributed by atoms with Crippen LogP contribution in [0.4, 0.5) is 4.39 Å². The second-order valence-corrected chi connectivity index (χ2v) is 7.37. The van der Waals surface area contributed by atoms with Crippen molar-refractivity contribution in [3.63, 3.8) is 0 Å². The summed E-state index contributed by atoms with van der Waals surface area (Å²) in [5, 5.41) is 17.4. The molecule has 4 aromatic rings. The molecule has 0 atom stereocenters. The molecule has 0 saturated carbocycles. The van der Waals surface area contributed by atoms with Gasteiger partial charge in [-0.05, 0) is 61.2 Å². The number of aryl methyl sites for hydroxylation is 2. The molecule has 0 aliphatic heterocycles. The molecule has 6 nitrogen and oxygen atoms in total. The number of phenols is 1. The topological polar surface area (TPSA) is 91.2 Å². The highest BCUT2D eigenvalue weighted by Crippen LogP contribution is 2.30. The van der Waals surface area contributed by atoms with E-state index in [9.17, 15) is 14.3 Å². The van der Waals surface area contributed by atoms with Gasteiger partial charge in [0.1, 0.15) is 11.6 Å². The molecule has 3 N–H and O–H groups in total. The minimum absolute atomic E-state index is 0.0687. The fraction of sp³-hybridized carbons (Fsp3) is 0.167. The molecule has 158 valence electrons. The second-order valence-electron chi connectivity index (χ2n) is 7.37. The van der Waals surface area contributed by atoms with Crippen LogP contribution in [0.2, 0.25) is 0 Å². The van der Waals surface area contributed by atoms with Gasteiger partial charge in [0, 0.05) is 29.8 Å². The Morgan fingerprint density at radius 3 is 2.87 bits per heavy atom. The van der Waals surface area contributed by atoms with E-state index in [0.717, 1.165) is 27.8 Å². The highest BCUT2D eigenvalue weighted by molar-refractivity contribution is 5.92. The number of rotatable bonds is 6. The number of hydrogen-bond acceptors (Lipinski definition) is 4. The number of carbonyl (C=O) groups excluding carboxylic acids is 1. The van der Waals surface area contributed by atoms with Gasteiger partial charge in [-0.2, -0.15) is 0 Å². The number of hydrogen-bond donors (Lipinski definition) is 3. The summed E-state index contributed by atoms with van der Waals surface area (Å²) >= 11 is 0. The maximum absolute atomic E-state index is 14.1. The van der Waals surface area contributed by atoms with Gasteiger partial charge in [0.25, 0.3) is 0 Å². The van der Waals surface area contributed by atoms with Gasteiger partial charge in [0.05, 0.1) is 17.3 Å². The van der Waals surface area contributed by atoms with E-state index >= 15 is 0 Å². The first-order valence-electron chi connectivity index (χ1n) is 9.90. The minimum atomic E-state index is -0.277. The van der Waals surface area contributed by atoms with Crippen LogP contribution < -0.4 is 5.32 Å². The van der Waals surface area contributed by atoms with Crippen molar-refractivity contribution in [1.82, 2.24) is 15.5 Å². The second kappa shape index (κ2) is 8.47. The molecule has 2 aromatic heterocycles. The van der Waals surface area contributed by atoms with Crippen LogP contribution in [0.1, 0.15) is 22.4 Å². The molecule has 7 heteroatoms. The van der Waals surface area contributed by atoms with E-state index in [2.05, 4.69) is 15.5 Å². The first kappa shape index (κ1) is 20.4. The SMILES string of the molecule is Cc1[nH]c2c(F)ccc(C)c2c1CCNC(=O)/C=C/c1ccc(O)c(-c2ccno2)c1. The van der Waals surface area contributed by atoms with Crippen LogP contribution in [0.3, 0.4) is 0 Å². The number of phenolic OH excluding ortho intramolecular Hbond substituents is 1. The summed E-state index contributed by atoms with van der Waals surface area (Å²) in [4.78, 5) is 15.4. The smallest absolute Gasteiger partial charge is 0.244 e. The zero-order valence-corrected chi connectivity index (χ0v) is 17.2. The zero-order chi connectivity index (χ0) is 22.0. The summed E-state index contributed by atoms with van der Waals surface area (Å²) in [6, 6.07) is 9.83. The molecule has 0 bridgehead atoms. The Bertz CT molecular complexity index is 1270. The van der Waals surface area contributed by atoms with Crippen molar-refractivity contribution in [3.05, 3.63) is 76.9 Å². The van der Waals surface area contributed by atoms with Crippen molar-refractivity contribution in [2.24, 2.45) is 0 Å². The number of fused-ring (bicyclic) bond motifs is 1. The third-order valence-electron chi connectivity index (χ3n) is 5.26. The summed E-state index contributed by atoms with van der Waals surface area (Å²) in [7, 11) is 0. The Labute approximate surface area is 178 Å². The van der Waals surface area contributed by atoms with E-state index < -0.39 is 0 Å². The molecule has 0 aliphatic rings. The van der Waals surface area contributed by atoms with Crippen LogP contribution in [0.15, 0.2) is 53.2 Å². The lowest BCUT2D eigenvalue weighted by Gasteiger charge is -2.05. The molecular weight excluding hydrogens is 397 g/mol. The molecule has 31 heavy (non-hydrogen) atoms. The maximum atomic E-state index is 14.1. The van der Waals surface area contributed by atoms with Crippen molar-refractivity contribution in [2.75, 3.05) is 6.54 Å². The van der Waals surface area contributed by atoms with Gasteiger partial charge in [-0.1, -0.05) is 17.3 Å². The Morgan fingerprint density at radius 2 is 2.10 bits per heavy atom. The van der Waals surface area contributed by atoms with Gasteiger partial charge in [0.2, 0.25) is 5.91 Å². The predicted octanol–water partition coefficient (Wildman–Crippen LogP) is 4.66. The first-order valence-corrected chi connectivity index (χ1v) is 9.90. The zero-order valence-electron chi connectivity index (χ0n) is 17.2. The quantitative estimate of drug-likeness (QED) is 0.397. The molecule has 4 rings (SSSR count). The number of halogens is 1. The number of aromatic amines is 1. The summed E-state index contributed by atoms with van der Waals surface area (Å²) in [5.74, 6) is -0.00702. The fourth-order valence-electron chi connectivity index (χ4n) is 3.71. The number of amides is 1. The monoisotopic (exact) mass is 419 g/mol. The first-order chi connectivity index (χ1) is 14.9. The third kappa shape index (κ3) is 4.21. The molecular formula is C24H22FN3O3. The number of carbonyl (C=O) groups is 1. The average molecular weight is 419 g/mol. The Balaban J connectivity index is 1.41. The lowest BCUT2D eigenvalue weighted by molar-refractivity contribution is -0.116. The fourth-order valence-corrected chi connectivity index (χ4v) is 3.71. The van der Waals surface area contributed by atoms with Gasteiger partial charge in [-0.15, -0.1) is 0 Å². The lowest BCUT2D eigenvalue weighted by atomic mass is 10.0. The number of aromatic nitrogens is 2. The number of nitrogens with one attached hydrogen (secondary N) is 2. The van der Waals surface area contributed by atoms with Gasteiger partial charge in [0.15, 0.2) is 5.76 Å². The summed E-state index contributed by atoms with van der Waals surface area (Å²) < 4.78 is 19.2. The van der Waals surface area contributed by atoms with Crippen LogP contribution >= 0.6 is 0 Å². The molecule has 0 saturated heterocycles. The Morgan fingerprint density at radius 1 is 1.26 bits per heavy atom. The van der Waals surface area contributed by atoms with Crippen molar-refractivity contribution < 1.29 is 18.8 Å². The molecule has 0 fully saturated rings. The van der Waals surface area contributed by atoms with Crippen LogP contribution in [-0.2, 0) is 11.2 Å². The summed E-state index contributed by atoms with van der Waals surface area (Å²) in [6.07, 6.45) is 5.18. The van der Waals surface area contributed by atoms with Crippen LogP contribution in [0.25, 0.3) is 28.3 Å². The van der Waals surface area contributed by atoms with Gasteiger partial charge in [-0.25, -0.2) is 4.39 Å². The summed E-state index contributed by atoms with van der Waals surface area (Å²) in [5.41, 5.74) is 4.64. The normalized spacial score (nSPS) is 11.5. The Kier molecular flexibility index (Phi) is 5.58. The molecule has 1 amide bonds. The number of H-pyrrole nitrogens is 1. The van der Waals surface area contributed by atoms with E-state index in [1.54, 1.807) is 30.3 Å². The van der Waals surface area contributed by atoms with E-state index in [-0.39, 0.29) is 17.5 Å². The Hall–Kier alpha value is -3.87.